The van der Waals surface area contributed by atoms with Crippen LogP contribution in [-0.2, 0) is 16.0 Å². The normalized spacial score (nSPS) is 16.3. The van der Waals surface area contributed by atoms with Gasteiger partial charge in [0, 0.05) is 25.8 Å². The number of carbonyl (C=O) groups excluding carboxylic acids is 2. The number of amides is 2. The highest BCUT2D eigenvalue weighted by Gasteiger charge is 2.24. The Morgan fingerprint density at radius 1 is 1.24 bits per heavy atom. The molecule has 2 aromatic rings. The molecule has 2 amide bonds. The van der Waals surface area contributed by atoms with Crippen molar-refractivity contribution in [2.75, 3.05) is 32.5 Å². The van der Waals surface area contributed by atoms with Crippen molar-refractivity contribution >= 4 is 23.6 Å². The standard InChI is InChI=1S/C22H27N3O3S/c1-28-19-9-7-17(8-10-19)13-20(26)24-14-18-5-4-12-25(15-18)22(27)16-29-21-6-2-3-11-23-21/h2-3,6-11,18H,4-5,12-16H2,1H3,(H,24,26)/t18-/m1/s1. The highest BCUT2D eigenvalue weighted by atomic mass is 32.2. The second-order valence-corrected chi connectivity index (χ2v) is 8.13. The summed E-state index contributed by atoms with van der Waals surface area (Å²) in [6.07, 6.45) is 4.08. The monoisotopic (exact) mass is 413 g/mol. The molecule has 154 valence electrons. The molecule has 1 N–H and O–H groups in total. The van der Waals surface area contributed by atoms with Crippen LogP contribution in [0, 0.1) is 5.92 Å². The molecule has 0 bridgehead atoms. The van der Waals surface area contributed by atoms with Crippen molar-refractivity contribution in [1.29, 1.82) is 0 Å². The maximum atomic E-state index is 12.5. The molecule has 0 radical (unpaired) electrons. The molecule has 1 saturated heterocycles. The summed E-state index contributed by atoms with van der Waals surface area (Å²) in [5.41, 5.74) is 0.954. The molecule has 3 rings (SSSR count). The van der Waals surface area contributed by atoms with Crippen molar-refractivity contribution < 1.29 is 14.3 Å². The summed E-state index contributed by atoms with van der Waals surface area (Å²) in [5.74, 6) is 1.61. The number of ether oxygens (including phenoxy) is 1. The maximum Gasteiger partial charge on any atom is 0.232 e. The lowest BCUT2D eigenvalue weighted by Gasteiger charge is -2.32. The number of hydrogen-bond donors (Lipinski definition) is 1. The number of piperidine rings is 1. The molecule has 0 saturated carbocycles. The Kier molecular flexibility index (Phi) is 7.93. The van der Waals surface area contributed by atoms with Crippen LogP contribution in [-0.4, -0.2) is 54.2 Å². The number of nitrogens with zero attached hydrogens (tertiary/aromatic N) is 2. The van der Waals surface area contributed by atoms with Gasteiger partial charge in [-0.3, -0.25) is 9.59 Å². The minimum absolute atomic E-state index is 0.00400. The van der Waals surface area contributed by atoms with Gasteiger partial charge in [0.1, 0.15) is 5.75 Å². The van der Waals surface area contributed by atoms with Crippen molar-refractivity contribution in [3.63, 3.8) is 0 Å². The third-order valence-corrected chi connectivity index (χ3v) is 5.89. The molecule has 1 fully saturated rings. The number of likely N-dealkylation sites (tertiary alicyclic amines) is 1. The van der Waals surface area contributed by atoms with Crippen molar-refractivity contribution in [2.24, 2.45) is 5.92 Å². The predicted octanol–water partition coefficient (Wildman–Crippen LogP) is 2.78. The summed E-state index contributed by atoms with van der Waals surface area (Å²) < 4.78 is 5.14. The quantitative estimate of drug-likeness (QED) is 0.674. The summed E-state index contributed by atoms with van der Waals surface area (Å²) in [6.45, 7) is 2.09. The maximum absolute atomic E-state index is 12.5. The van der Waals surface area contributed by atoms with Crippen LogP contribution < -0.4 is 10.1 Å². The van der Waals surface area contributed by atoms with Crippen molar-refractivity contribution in [3.8, 4) is 5.75 Å². The van der Waals surface area contributed by atoms with E-state index in [1.165, 1.54) is 11.8 Å². The topological polar surface area (TPSA) is 71.5 Å². The van der Waals surface area contributed by atoms with Crippen LogP contribution in [0.1, 0.15) is 18.4 Å². The number of rotatable bonds is 8. The first-order valence-corrected chi connectivity index (χ1v) is 10.8. The number of benzene rings is 1. The van der Waals surface area contributed by atoms with Gasteiger partial charge in [-0.1, -0.05) is 30.0 Å². The average molecular weight is 414 g/mol. The molecule has 29 heavy (non-hydrogen) atoms. The summed E-state index contributed by atoms with van der Waals surface area (Å²) in [6, 6.07) is 13.2. The van der Waals surface area contributed by atoms with E-state index in [2.05, 4.69) is 10.3 Å². The second-order valence-electron chi connectivity index (χ2n) is 7.13. The van der Waals surface area contributed by atoms with E-state index in [4.69, 9.17) is 4.74 Å². The number of nitrogens with one attached hydrogen (secondary N) is 1. The summed E-state index contributed by atoms with van der Waals surface area (Å²) in [7, 11) is 1.62. The Morgan fingerprint density at radius 2 is 2.07 bits per heavy atom. The second kappa shape index (κ2) is 10.9. The van der Waals surface area contributed by atoms with Crippen LogP contribution in [0.2, 0.25) is 0 Å². The van der Waals surface area contributed by atoms with Crippen LogP contribution in [0.3, 0.4) is 0 Å². The Balaban J connectivity index is 1.40. The SMILES string of the molecule is COc1ccc(CC(=O)NC[C@H]2CCCN(C(=O)CSc3ccccn3)C2)cc1. The molecule has 1 atom stereocenters. The minimum atomic E-state index is 0.00400. The highest BCUT2D eigenvalue weighted by Crippen LogP contribution is 2.19. The molecule has 7 heteroatoms. The Hall–Kier alpha value is -2.54. The van der Waals surface area contributed by atoms with Gasteiger partial charge in [-0.25, -0.2) is 4.98 Å². The zero-order valence-corrected chi connectivity index (χ0v) is 17.5. The third-order valence-electron chi connectivity index (χ3n) is 4.96. The first-order valence-electron chi connectivity index (χ1n) is 9.85. The number of hydrogen-bond acceptors (Lipinski definition) is 5. The summed E-state index contributed by atoms with van der Waals surface area (Å²) in [5, 5.41) is 3.88. The molecule has 2 heterocycles. The first-order chi connectivity index (χ1) is 14.1. The number of methoxy groups -OCH3 is 1. The number of thioether (sulfide) groups is 1. The molecular weight excluding hydrogens is 386 g/mol. The molecule has 1 aromatic carbocycles. The molecule has 1 aliphatic rings. The lowest BCUT2D eigenvalue weighted by atomic mass is 9.98. The smallest absolute Gasteiger partial charge is 0.232 e. The van der Waals surface area contributed by atoms with Crippen LogP contribution >= 0.6 is 11.8 Å². The van der Waals surface area contributed by atoms with Crippen LogP contribution in [0.4, 0.5) is 0 Å². The summed E-state index contributed by atoms with van der Waals surface area (Å²) >= 11 is 1.46. The van der Waals surface area contributed by atoms with E-state index >= 15 is 0 Å². The minimum Gasteiger partial charge on any atom is -0.497 e. The molecule has 6 nitrogen and oxygen atoms in total. The van der Waals surface area contributed by atoms with E-state index in [0.29, 0.717) is 31.2 Å². The molecule has 0 spiro atoms. The fourth-order valence-corrected chi connectivity index (χ4v) is 4.13. The third kappa shape index (κ3) is 6.78. The van der Waals surface area contributed by atoms with Gasteiger partial charge in [0.05, 0.1) is 24.3 Å². The predicted molar refractivity (Wildman–Crippen MR) is 114 cm³/mol. The molecule has 0 aliphatic carbocycles. The molecule has 1 aromatic heterocycles. The Morgan fingerprint density at radius 3 is 2.79 bits per heavy atom. The lowest BCUT2D eigenvalue weighted by molar-refractivity contribution is -0.130. The van der Waals surface area contributed by atoms with E-state index < -0.39 is 0 Å². The van der Waals surface area contributed by atoms with Gasteiger partial charge >= 0.3 is 0 Å². The van der Waals surface area contributed by atoms with E-state index in [-0.39, 0.29) is 11.8 Å². The van der Waals surface area contributed by atoms with Crippen molar-refractivity contribution in [1.82, 2.24) is 15.2 Å². The Bertz CT molecular complexity index is 799. The fourth-order valence-electron chi connectivity index (χ4n) is 3.37. The zero-order valence-electron chi connectivity index (χ0n) is 16.7. The zero-order chi connectivity index (χ0) is 20.5. The van der Waals surface area contributed by atoms with E-state index in [1.807, 2.05) is 47.4 Å². The first kappa shape index (κ1) is 21.2. The van der Waals surface area contributed by atoms with E-state index in [9.17, 15) is 9.59 Å². The number of pyridine rings is 1. The molecule has 1 aliphatic heterocycles. The van der Waals surface area contributed by atoms with Gasteiger partial charge in [0.2, 0.25) is 11.8 Å². The number of aromatic nitrogens is 1. The molecular formula is C22H27N3O3S. The Labute approximate surface area is 176 Å². The van der Waals surface area contributed by atoms with Crippen molar-refractivity contribution in [2.45, 2.75) is 24.3 Å². The van der Waals surface area contributed by atoms with Gasteiger partial charge in [0.15, 0.2) is 0 Å². The molecule has 0 unspecified atom stereocenters. The van der Waals surface area contributed by atoms with E-state index in [0.717, 1.165) is 35.7 Å². The lowest BCUT2D eigenvalue weighted by Crippen LogP contribution is -2.44. The van der Waals surface area contributed by atoms with Gasteiger partial charge in [-0.15, -0.1) is 0 Å². The van der Waals surface area contributed by atoms with Crippen LogP contribution in [0.5, 0.6) is 5.75 Å². The van der Waals surface area contributed by atoms with Gasteiger partial charge in [-0.2, -0.15) is 0 Å². The largest absolute Gasteiger partial charge is 0.497 e. The van der Waals surface area contributed by atoms with Crippen LogP contribution in [0.25, 0.3) is 0 Å². The van der Waals surface area contributed by atoms with Crippen LogP contribution in [0.15, 0.2) is 53.7 Å². The van der Waals surface area contributed by atoms with Gasteiger partial charge < -0.3 is 15.0 Å². The number of carbonyl (C=O) groups is 2. The summed E-state index contributed by atoms with van der Waals surface area (Å²) in [4.78, 5) is 30.9. The fraction of sp³-hybridized carbons (Fsp3) is 0.409. The average Bonchev–Trinajstić information content (AvgIpc) is 2.77. The van der Waals surface area contributed by atoms with E-state index in [1.54, 1.807) is 13.3 Å². The van der Waals surface area contributed by atoms with Crippen molar-refractivity contribution in [3.05, 3.63) is 54.2 Å². The van der Waals surface area contributed by atoms with Gasteiger partial charge in [0.25, 0.3) is 0 Å². The highest BCUT2D eigenvalue weighted by molar-refractivity contribution is 7.99. The van der Waals surface area contributed by atoms with Gasteiger partial charge in [-0.05, 0) is 48.6 Å².